The van der Waals surface area contributed by atoms with Crippen molar-refractivity contribution in [2.75, 3.05) is 32.0 Å². The third-order valence-electron chi connectivity index (χ3n) is 4.48. The van der Waals surface area contributed by atoms with E-state index < -0.39 is 0 Å². The summed E-state index contributed by atoms with van der Waals surface area (Å²) in [6, 6.07) is 12.3. The first-order valence-electron chi connectivity index (χ1n) is 8.54. The second kappa shape index (κ2) is 7.99. The molecule has 0 spiro atoms. The highest BCUT2D eigenvalue weighted by Crippen LogP contribution is 2.41. The Kier molecular flexibility index (Phi) is 5.49. The van der Waals surface area contributed by atoms with Gasteiger partial charge in [0.2, 0.25) is 11.8 Å². The van der Waals surface area contributed by atoms with Gasteiger partial charge in [-0.25, -0.2) is 0 Å². The highest BCUT2D eigenvalue weighted by Gasteiger charge is 2.48. The average molecular weight is 370 g/mol. The maximum absolute atomic E-state index is 12.4. The summed E-state index contributed by atoms with van der Waals surface area (Å²) in [5.74, 6) is 0.600. The summed E-state index contributed by atoms with van der Waals surface area (Å²) in [7, 11) is 4.62. The number of methoxy groups -OCH3 is 3. The molecular weight excluding hydrogens is 348 g/mol. The Morgan fingerprint density at radius 1 is 0.815 bits per heavy atom. The summed E-state index contributed by atoms with van der Waals surface area (Å²) < 4.78 is 15.6. The van der Waals surface area contributed by atoms with E-state index in [0.29, 0.717) is 35.0 Å². The Balaban J connectivity index is 1.59. The molecule has 2 aromatic carbocycles. The number of carbonyl (C=O) groups excluding carboxylic acids is 2. The molecule has 2 amide bonds. The van der Waals surface area contributed by atoms with Gasteiger partial charge in [-0.2, -0.15) is 0 Å². The van der Waals surface area contributed by atoms with Crippen LogP contribution < -0.4 is 24.8 Å². The van der Waals surface area contributed by atoms with Crippen LogP contribution in [0.15, 0.2) is 42.5 Å². The van der Waals surface area contributed by atoms with E-state index in [4.69, 9.17) is 14.2 Å². The fourth-order valence-corrected chi connectivity index (χ4v) is 2.90. The smallest absolute Gasteiger partial charge is 0.228 e. The van der Waals surface area contributed by atoms with E-state index in [0.717, 1.165) is 0 Å². The van der Waals surface area contributed by atoms with Crippen LogP contribution in [0.5, 0.6) is 17.2 Å². The molecule has 7 heteroatoms. The van der Waals surface area contributed by atoms with Gasteiger partial charge in [-0.3, -0.25) is 9.59 Å². The molecule has 0 aromatic heterocycles. The van der Waals surface area contributed by atoms with Crippen LogP contribution in [0.1, 0.15) is 6.42 Å². The van der Waals surface area contributed by atoms with Gasteiger partial charge < -0.3 is 24.8 Å². The van der Waals surface area contributed by atoms with Crippen LogP contribution in [0.4, 0.5) is 11.4 Å². The number of rotatable bonds is 7. The van der Waals surface area contributed by atoms with Crippen molar-refractivity contribution in [3.05, 3.63) is 42.5 Å². The highest BCUT2D eigenvalue weighted by molar-refractivity contribution is 6.03. The maximum Gasteiger partial charge on any atom is 0.228 e. The number of benzene rings is 2. The van der Waals surface area contributed by atoms with Gasteiger partial charge in [0.1, 0.15) is 5.75 Å². The van der Waals surface area contributed by atoms with Crippen molar-refractivity contribution in [1.29, 1.82) is 0 Å². The van der Waals surface area contributed by atoms with Gasteiger partial charge in [-0.15, -0.1) is 0 Å². The summed E-state index contributed by atoms with van der Waals surface area (Å²) in [5.41, 5.74) is 1.18. The van der Waals surface area contributed by atoms with Crippen molar-refractivity contribution in [3.63, 3.8) is 0 Å². The first-order chi connectivity index (χ1) is 13.1. The van der Waals surface area contributed by atoms with E-state index >= 15 is 0 Å². The molecule has 2 unspecified atom stereocenters. The zero-order chi connectivity index (χ0) is 19.4. The van der Waals surface area contributed by atoms with Gasteiger partial charge >= 0.3 is 0 Å². The molecule has 0 aliphatic heterocycles. The van der Waals surface area contributed by atoms with Crippen molar-refractivity contribution in [3.8, 4) is 17.2 Å². The number of para-hydroxylation sites is 2. The Morgan fingerprint density at radius 3 is 2.11 bits per heavy atom. The molecule has 2 N–H and O–H groups in total. The second-order valence-corrected chi connectivity index (χ2v) is 6.20. The molecular formula is C20H22N2O5. The third kappa shape index (κ3) is 4.13. The normalized spacial score (nSPS) is 17.6. The minimum absolute atomic E-state index is 0.188. The van der Waals surface area contributed by atoms with E-state index in [1.807, 2.05) is 12.1 Å². The summed E-state index contributed by atoms with van der Waals surface area (Å²) in [6.07, 6.45) is 0.514. The van der Waals surface area contributed by atoms with Crippen LogP contribution in [-0.2, 0) is 9.59 Å². The Hall–Kier alpha value is -3.22. The first kappa shape index (κ1) is 18.6. The van der Waals surface area contributed by atoms with Gasteiger partial charge in [0.25, 0.3) is 0 Å². The number of nitrogens with one attached hydrogen (secondary N) is 2. The molecule has 0 saturated heterocycles. The fourth-order valence-electron chi connectivity index (χ4n) is 2.90. The van der Waals surface area contributed by atoms with Crippen molar-refractivity contribution in [2.45, 2.75) is 6.42 Å². The number of hydrogen-bond acceptors (Lipinski definition) is 5. The van der Waals surface area contributed by atoms with Crippen LogP contribution in [0.25, 0.3) is 0 Å². The molecule has 3 rings (SSSR count). The number of amides is 2. The van der Waals surface area contributed by atoms with E-state index in [2.05, 4.69) is 10.6 Å². The quantitative estimate of drug-likeness (QED) is 0.783. The topological polar surface area (TPSA) is 85.9 Å². The van der Waals surface area contributed by atoms with Crippen molar-refractivity contribution in [1.82, 2.24) is 0 Å². The number of carbonyl (C=O) groups is 2. The van der Waals surface area contributed by atoms with E-state index in [1.165, 1.54) is 7.11 Å². The maximum atomic E-state index is 12.4. The van der Waals surface area contributed by atoms with Crippen LogP contribution in [-0.4, -0.2) is 33.1 Å². The minimum atomic E-state index is -0.354. The molecule has 7 nitrogen and oxygen atoms in total. The molecule has 1 saturated carbocycles. The molecule has 27 heavy (non-hydrogen) atoms. The lowest BCUT2D eigenvalue weighted by Crippen LogP contribution is -2.20. The predicted molar refractivity (Wildman–Crippen MR) is 101 cm³/mol. The summed E-state index contributed by atoms with van der Waals surface area (Å²) in [4.78, 5) is 24.8. The van der Waals surface area contributed by atoms with Crippen molar-refractivity contribution >= 4 is 23.2 Å². The Bertz CT molecular complexity index is 852. The standard InChI is InChI=1S/C20H22N2O5/c1-25-16-7-5-4-6-15(16)22-20(24)14-11-13(14)19(23)21-12-8-9-17(26-2)18(10-12)27-3/h4-10,13-14H,11H2,1-3H3,(H,21,23)(H,22,24). The average Bonchev–Trinajstić information content (AvgIpc) is 3.49. The van der Waals surface area contributed by atoms with Crippen LogP contribution in [0, 0.1) is 11.8 Å². The first-order valence-corrected chi connectivity index (χ1v) is 8.54. The highest BCUT2D eigenvalue weighted by atomic mass is 16.5. The number of hydrogen-bond donors (Lipinski definition) is 2. The SMILES string of the molecule is COc1ccccc1NC(=O)C1CC1C(=O)Nc1ccc(OC)c(OC)c1. The van der Waals surface area contributed by atoms with E-state index in [1.54, 1.807) is 44.6 Å². The van der Waals surface area contributed by atoms with Crippen molar-refractivity contribution in [2.24, 2.45) is 11.8 Å². The van der Waals surface area contributed by atoms with Gasteiger partial charge in [0, 0.05) is 11.8 Å². The molecule has 0 radical (unpaired) electrons. The van der Waals surface area contributed by atoms with E-state index in [-0.39, 0.29) is 23.7 Å². The van der Waals surface area contributed by atoms with Gasteiger partial charge in [0.15, 0.2) is 11.5 Å². The summed E-state index contributed by atoms with van der Waals surface area (Å²) in [5, 5.41) is 5.65. The summed E-state index contributed by atoms with van der Waals surface area (Å²) >= 11 is 0. The van der Waals surface area contributed by atoms with Crippen molar-refractivity contribution < 1.29 is 23.8 Å². The molecule has 1 aliphatic rings. The zero-order valence-electron chi connectivity index (χ0n) is 15.4. The lowest BCUT2D eigenvalue weighted by atomic mass is 10.2. The number of ether oxygens (including phenoxy) is 3. The lowest BCUT2D eigenvalue weighted by Gasteiger charge is -2.11. The fraction of sp³-hybridized carbons (Fsp3) is 0.300. The third-order valence-corrected chi connectivity index (χ3v) is 4.48. The molecule has 0 bridgehead atoms. The predicted octanol–water partition coefficient (Wildman–Crippen LogP) is 2.93. The molecule has 1 aliphatic carbocycles. The molecule has 0 heterocycles. The zero-order valence-corrected chi connectivity index (χ0v) is 15.4. The molecule has 2 atom stereocenters. The van der Waals surface area contributed by atoms with Gasteiger partial charge in [-0.1, -0.05) is 12.1 Å². The Morgan fingerprint density at radius 2 is 1.44 bits per heavy atom. The van der Waals surface area contributed by atoms with Crippen LogP contribution in [0.3, 0.4) is 0 Å². The van der Waals surface area contributed by atoms with Crippen LogP contribution in [0.2, 0.25) is 0 Å². The molecule has 142 valence electrons. The Labute approximate surface area is 157 Å². The minimum Gasteiger partial charge on any atom is -0.495 e. The monoisotopic (exact) mass is 370 g/mol. The molecule has 1 fully saturated rings. The lowest BCUT2D eigenvalue weighted by molar-refractivity contribution is -0.122. The molecule has 2 aromatic rings. The second-order valence-electron chi connectivity index (χ2n) is 6.20. The number of anilines is 2. The van der Waals surface area contributed by atoms with Crippen LogP contribution >= 0.6 is 0 Å². The summed E-state index contributed by atoms with van der Waals surface area (Å²) in [6.45, 7) is 0. The van der Waals surface area contributed by atoms with E-state index in [9.17, 15) is 9.59 Å². The largest absolute Gasteiger partial charge is 0.495 e. The van der Waals surface area contributed by atoms with Gasteiger partial charge in [0.05, 0.1) is 38.9 Å². The van der Waals surface area contributed by atoms with Gasteiger partial charge in [-0.05, 0) is 30.7 Å².